The van der Waals surface area contributed by atoms with Gasteiger partial charge in [-0.25, -0.2) is 4.79 Å². The second kappa shape index (κ2) is 9.92. The lowest BCUT2D eigenvalue weighted by molar-refractivity contribution is -0.145. The number of esters is 1. The molecule has 7 nitrogen and oxygen atoms in total. The predicted octanol–water partition coefficient (Wildman–Crippen LogP) is 3.57. The number of carbonyl (C=O) groups is 3. The van der Waals surface area contributed by atoms with E-state index in [1.165, 1.54) is 4.90 Å². The van der Waals surface area contributed by atoms with E-state index < -0.39 is 24.1 Å². The van der Waals surface area contributed by atoms with Crippen LogP contribution in [0.15, 0.2) is 18.2 Å². The Morgan fingerprint density at radius 2 is 2.04 bits per heavy atom. The number of hydrogen-bond acceptors (Lipinski definition) is 5. The van der Waals surface area contributed by atoms with Gasteiger partial charge in [0.25, 0.3) is 0 Å². The molecule has 1 aliphatic heterocycles. The Kier molecular flexibility index (Phi) is 7.89. The number of hydrogen-bond donors (Lipinski definition) is 1. The number of benzene rings is 1. The maximum Gasteiger partial charge on any atom is 0.407 e. The Morgan fingerprint density at radius 3 is 2.67 bits per heavy atom. The third-order valence-electron chi connectivity index (χ3n) is 4.22. The third-order valence-corrected chi connectivity index (χ3v) is 4.96. The van der Waals surface area contributed by atoms with Gasteiger partial charge in [-0.05, 0) is 24.6 Å². The molecule has 0 aromatic heterocycles. The van der Waals surface area contributed by atoms with Crippen LogP contribution in [0.4, 0.5) is 4.79 Å². The smallest absolute Gasteiger partial charge is 0.407 e. The molecule has 0 spiro atoms. The lowest BCUT2D eigenvalue weighted by atomic mass is 9.90. The number of carboxylic acid groups (broad SMARTS) is 1. The second-order valence-electron chi connectivity index (χ2n) is 6.18. The number of ether oxygens (including phenoxy) is 2. The first-order valence-corrected chi connectivity index (χ1v) is 9.29. The monoisotopic (exact) mass is 417 g/mol. The summed E-state index contributed by atoms with van der Waals surface area (Å²) in [4.78, 5) is 36.5. The Balaban J connectivity index is 2.22. The predicted molar refractivity (Wildman–Crippen MR) is 99.1 cm³/mol. The van der Waals surface area contributed by atoms with Crippen molar-refractivity contribution in [2.24, 2.45) is 5.92 Å². The van der Waals surface area contributed by atoms with Gasteiger partial charge in [0.05, 0.1) is 29.4 Å². The van der Waals surface area contributed by atoms with Crippen LogP contribution in [0.2, 0.25) is 10.0 Å². The van der Waals surface area contributed by atoms with Gasteiger partial charge in [-0.3, -0.25) is 9.59 Å². The minimum absolute atomic E-state index is 0.0203. The SMILES string of the molecule is CCOC(=O)CC(=O)C[C@@H]1CN(C(=O)O)CCO[C@H]1c1ccc(Cl)c(Cl)c1. The Hall–Kier alpha value is -1.83. The quantitative estimate of drug-likeness (QED) is 0.561. The lowest BCUT2D eigenvalue weighted by Crippen LogP contribution is -2.35. The van der Waals surface area contributed by atoms with Crippen molar-refractivity contribution in [3.8, 4) is 0 Å². The summed E-state index contributed by atoms with van der Waals surface area (Å²) in [7, 11) is 0. The van der Waals surface area contributed by atoms with Crippen molar-refractivity contribution in [3.05, 3.63) is 33.8 Å². The van der Waals surface area contributed by atoms with Crippen LogP contribution in [0.1, 0.15) is 31.4 Å². The molecule has 9 heteroatoms. The normalized spacial score (nSPS) is 20.0. The fourth-order valence-corrected chi connectivity index (χ4v) is 3.34. The topological polar surface area (TPSA) is 93.1 Å². The molecule has 0 bridgehead atoms. The van der Waals surface area contributed by atoms with Crippen molar-refractivity contribution < 1.29 is 29.0 Å². The first-order valence-electron chi connectivity index (χ1n) is 8.53. The number of nitrogens with zero attached hydrogens (tertiary/aromatic N) is 1. The van der Waals surface area contributed by atoms with E-state index in [0.29, 0.717) is 15.6 Å². The number of ketones is 1. The van der Waals surface area contributed by atoms with Gasteiger partial charge in [-0.15, -0.1) is 0 Å². The van der Waals surface area contributed by atoms with Gasteiger partial charge >= 0.3 is 12.1 Å². The summed E-state index contributed by atoms with van der Waals surface area (Å²) in [6, 6.07) is 5.01. The third kappa shape index (κ3) is 6.09. The summed E-state index contributed by atoms with van der Waals surface area (Å²) in [6.45, 7) is 2.33. The second-order valence-corrected chi connectivity index (χ2v) is 6.99. The van der Waals surface area contributed by atoms with Crippen LogP contribution in [-0.4, -0.2) is 54.2 Å². The summed E-state index contributed by atoms with van der Waals surface area (Å²) in [6.07, 6.45) is -2.01. The van der Waals surface area contributed by atoms with Crippen LogP contribution in [-0.2, 0) is 19.1 Å². The van der Waals surface area contributed by atoms with Crippen molar-refractivity contribution in [1.29, 1.82) is 0 Å². The summed E-state index contributed by atoms with van der Waals surface area (Å²) >= 11 is 12.0. The first kappa shape index (κ1) is 21.5. The zero-order valence-corrected chi connectivity index (χ0v) is 16.3. The summed E-state index contributed by atoms with van der Waals surface area (Å²) in [5, 5.41) is 10.1. The highest BCUT2D eigenvalue weighted by molar-refractivity contribution is 6.42. The Labute approximate surface area is 167 Å². The molecule has 2 atom stereocenters. The van der Waals surface area contributed by atoms with Crippen molar-refractivity contribution >= 4 is 41.0 Å². The number of amides is 1. The number of Topliss-reactive ketones (excluding diaryl/α,β-unsaturated/α-hetero) is 1. The van der Waals surface area contributed by atoms with E-state index in [9.17, 15) is 19.5 Å². The Bertz CT molecular complexity index is 711. The van der Waals surface area contributed by atoms with Crippen LogP contribution in [0, 0.1) is 5.92 Å². The van der Waals surface area contributed by atoms with Crippen LogP contribution in [0.25, 0.3) is 0 Å². The van der Waals surface area contributed by atoms with Gasteiger partial charge in [0.2, 0.25) is 0 Å². The van der Waals surface area contributed by atoms with E-state index in [1.807, 2.05) is 0 Å². The van der Waals surface area contributed by atoms with Crippen molar-refractivity contribution in [2.75, 3.05) is 26.3 Å². The number of rotatable bonds is 6. The zero-order chi connectivity index (χ0) is 20.0. The lowest BCUT2D eigenvalue weighted by Gasteiger charge is -2.26. The average Bonchev–Trinajstić information content (AvgIpc) is 2.80. The van der Waals surface area contributed by atoms with Gasteiger partial charge in [0.1, 0.15) is 12.2 Å². The van der Waals surface area contributed by atoms with Gasteiger partial charge in [-0.1, -0.05) is 29.3 Å². The van der Waals surface area contributed by atoms with Crippen molar-refractivity contribution in [2.45, 2.75) is 25.9 Å². The molecule has 0 aliphatic carbocycles. The molecular formula is C18H21Cl2NO6. The Morgan fingerprint density at radius 1 is 1.30 bits per heavy atom. The molecule has 1 aliphatic rings. The zero-order valence-electron chi connectivity index (χ0n) is 14.8. The molecule has 1 aromatic carbocycles. The van der Waals surface area contributed by atoms with E-state index in [0.717, 1.165) is 0 Å². The minimum atomic E-state index is -1.09. The van der Waals surface area contributed by atoms with Gasteiger partial charge in [-0.2, -0.15) is 0 Å². The van der Waals surface area contributed by atoms with E-state index in [4.69, 9.17) is 32.7 Å². The van der Waals surface area contributed by atoms with E-state index in [-0.39, 0.29) is 44.9 Å². The average molecular weight is 418 g/mol. The fourth-order valence-electron chi connectivity index (χ4n) is 3.04. The maximum atomic E-state index is 12.3. The highest BCUT2D eigenvalue weighted by atomic mass is 35.5. The fraction of sp³-hybridized carbons (Fsp3) is 0.500. The molecule has 2 rings (SSSR count). The maximum absolute atomic E-state index is 12.3. The molecule has 1 fully saturated rings. The highest BCUT2D eigenvalue weighted by Crippen LogP contribution is 2.35. The largest absolute Gasteiger partial charge is 0.466 e. The summed E-state index contributed by atoms with van der Waals surface area (Å²) < 4.78 is 10.7. The van der Waals surface area contributed by atoms with E-state index >= 15 is 0 Å². The minimum Gasteiger partial charge on any atom is -0.466 e. The molecular weight excluding hydrogens is 397 g/mol. The van der Waals surface area contributed by atoms with Crippen LogP contribution >= 0.6 is 23.2 Å². The number of carbonyl (C=O) groups excluding carboxylic acids is 2. The van der Waals surface area contributed by atoms with E-state index in [2.05, 4.69) is 0 Å². The molecule has 148 valence electrons. The molecule has 1 saturated heterocycles. The van der Waals surface area contributed by atoms with Crippen LogP contribution in [0.3, 0.4) is 0 Å². The molecule has 0 saturated carbocycles. The van der Waals surface area contributed by atoms with Gasteiger partial charge in [0.15, 0.2) is 0 Å². The molecule has 1 N–H and O–H groups in total. The highest BCUT2D eigenvalue weighted by Gasteiger charge is 2.33. The van der Waals surface area contributed by atoms with E-state index in [1.54, 1.807) is 25.1 Å². The summed E-state index contributed by atoms with van der Waals surface area (Å²) in [5.74, 6) is -1.40. The van der Waals surface area contributed by atoms with Crippen molar-refractivity contribution in [1.82, 2.24) is 4.90 Å². The molecule has 1 amide bonds. The first-order chi connectivity index (χ1) is 12.8. The summed E-state index contributed by atoms with van der Waals surface area (Å²) in [5.41, 5.74) is 0.700. The molecule has 1 aromatic rings. The van der Waals surface area contributed by atoms with Crippen molar-refractivity contribution in [3.63, 3.8) is 0 Å². The standard InChI is InChI=1S/C18H21Cl2NO6/c1-2-26-16(23)9-13(22)7-12-10-21(18(24)25)5-6-27-17(12)11-3-4-14(19)15(20)8-11/h3-4,8,12,17H,2,5-7,9-10H2,1H3,(H,24,25)/t12-,17+/m1/s1. The molecule has 0 unspecified atom stereocenters. The molecule has 1 heterocycles. The number of halogens is 2. The van der Waals surface area contributed by atoms with Crippen LogP contribution in [0.5, 0.6) is 0 Å². The van der Waals surface area contributed by atoms with Gasteiger partial charge in [0, 0.05) is 25.4 Å². The van der Waals surface area contributed by atoms with Crippen LogP contribution < -0.4 is 0 Å². The molecule has 27 heavy (non-hydrogen) atoms. The molecule has 0 radical (unpaired) electrons. The van der Waals surface area contributed by atoms with Gasteiger partial charge < -0.3 is 19.5 Å².